The SMILES string of the molecule is CCOc1cccc(CC(C)(N)N2CCCC(C)C2)c1. The lowest BCUT2D eigenvalue weighted by Gasteiger charge is -2.43. The quantitative estimate of drug-likeness (QED) is 0.898. The van der Waals surface area contributed by atoms with Crippen LogP contribution in [-0.2, 0) is 6.42 Å². The lowest BCUT2D eigenvalue weighted by Crippen LogP contribution is -2.58. The summed E-state index contributed by atoms with van der Waals surface area (Å²) in [6.45, 7) is 9.40. The third-order valence-corrected chi connectivity index (χ3v) is 4.15. The van der Waals surface area contributed by atoms with Crippen molar-refractivity contribution < 1.29 is 4.74 Å². The van der Waals surface area contributed by atoms with Crippen molar-refractivity contribution in [2.24, 2.45) is 11.7 Å². The Morgan fingerprint density at radius 1 is 1.45 bits per heavy atom. The van der Waals surface area contributed by atoms with Crippen molar-refractivity contribution in [3.8, 4) is 5.75 Å². The van der Waals surface area contributed by atoms with Gasteiger partial charge in [0.05, 0.1) is 12.3 Å². The second-order valence-corrected chi connectivity index (χ2v) is 6.31. The van der Waals surface area contributed by atoms with E-state index in [0.717, 1.165) is 31.2 Å². The molecule has 20 heavy (non-hydrogen) atoms. The van der Waals surface area contributed by atoms with Crippen LogP contribution in [0.2, 0.25) is 0 Å². The summed E-state index contributed by atoms with van der Waals surface area (Å²) in [5.41, 5.74) is 7.57. The summed E-state index contributed by atoms with van der Waals surface area (Å²) in [6, 6.07) is 8.31. The molecule has 1 saturated heterocycles. The first-order valence-corrected chi connectivity index (χ1v) is 7.77. The predicted molar refractivity (Wildman–Crippen MR) is 83.9 cm³/mol. The fourth-order valence-electron chi connectivity index (χ4n) is 3.09. The van der Waals surface area contributed by atoms with Crippen LogP contribution in [0, 0.1) is 5.92 Å². The van der Waals surface area contributed by atoms with Crippen molar-refractivity contribution in [2.75, 3.05) is 19.7 Å². The number of benzene rings is 1. The Kier molecular flexibility index (Phi) is 5.06. The first kappa shape index (κ1) is 15.3. The highest BCUT2D eigenvalue weighted by Crippen LogP contribution is 2.24. The molecule has 0 bridgehead atoms. The largest absolute Gasteiger partial charge is 0.494 e. The van der Waals surface area contributed by atoms with Crippen LogP contribution in [-0.4, -0.2) is 30.3 Å². The lowest BCUT2D eigenvalue weighted by atomic mass is 9.94. The number of nitrogens with zero attached hydrogens (tertiary/aromatic N) is 1. The van der Waals surface area contributed by atoms with Crippen molar-refractivity contribution in [1.82, 2.24) is 4.90 Å². The van der Waals surface area contributed by atoms with E-state index in [1.54, 1.807) is 0 Å². The number of hydrogen-bond donors (Lipinski definition) is 1. The van der Waals surface area contributed by atoms with Gasteiger partial charge in [-0.3, -0.25) is 4.90 Å². The van der Waals surface area contributed by atoms with Gasteiger partial charge in [-0.15, -0.1) is 0 Å². The molecule has 0 spiro atoms. The third kappa shape index (κ3) is 3.97. The number of ether oxygens (including phenoxy) is 1. The molecule has 112 valence electrons. The Balaban J connectivity index is 2.04. The van der Waals surface area contributed by atoms with E-state index < -0.39 is 0 Å². The smallest absolute Gasteiger partial charge is 0.119 e. The van der Waals surface area contributed by atoms with E-state index in [1.165, 1.54) is 18.4 Å². The molecule has 1 heterocycles. The lowest BCUT2D eigenvalue weighted by molar-refractivity contribution is 0.0627. The second-order valence-electron chi connectivity index (χ2n) is 6.31. The maximum absolute atomic E-state index is 6.59. The molecule has 3 nitrogen and oxygen atoms in total. The molecule has 1 aromatic carbocycles. The minimum Gasteiger partial charge on any atom is -0.494 e. The van der Waals surface area contributed by atoms with E-state index in [4.69, 9.17) is 10.5 Å². The van der Waals surface area contributed by atoms with Crippen molar-refractivity contribution in [1.29, 1.82) is 0 Å². The number of nitrogens with two attached hydrogens (primary N) is 1. The van der Waals surface area contributed by atoms with Crippen LogP contribution in [0.25, 0.3) is 0 Å². The van der Waals surface area contributed by atoms with Crippen molar-refractivity contribution >= 4 is 0 Å². The van der Waals surface area contributed by atoms with E-state index in [9.17, 15) is 0 Å². The molecule has 0 radical (unpaired) electrons. The minimum absolute atomic E-state index is 0.278. The minimum atomic E-state index is -0.278. The van der Waals surface area contributed by atoms with E-state index in [1.807, 2.05) is 13.0 Å². The van der Waals surface area contributed by atoms with Gasteiger partial charge in [-0.05, 0) is 56.8 Å². The summed E-state index contributed by atoms with van der Waals surface area (Å²) in [5, 5.41) is 0. The van der Waals surface area contributed by atoms with E-state index in [0.29, 0.717) is 6.61 Å². The molecule has 2 N–H and O–H groups in total. The van der Waals surface area contributed by atoms with Gasteiger partial charge in [-0.1, -0.05) is 19.1 Å². The average Bonchev–Trinajstić information content (AvgIpc) is 2.39. The Morgan fingerprint density at radius 3 is 2.95 bits per heavy atom. The second kappa shape index (κ2) is 6.59. The third-order valence-electron chi connectivity index (χ3n) is 4.15. The fraction of sp³-hybridized carbons (Fsp3) is 0.647. The highest BCUT2D eigenvalue weighted by atomic mass is 16.5. The Bertz CT molecular complexity index is 431. The zero-order chi connectivity index (χ0) is 14.6. The van der Waals surface area contributed by atoms with Crippen LogP contribution in [0.4, 0.5) is 0 Å². The summed E-state index contributed by atoms with van der Waals surface area (Å²) in [6.07, 6.45) is 3.44. The highest BCUT2D eigenvalue weighted by molar-refractivity contribution is 5.29. The van der Waals surface area contributed by atoms with Crippen LogP contribution >= 0.6 is 0 Å². The zero-order valence-electron chi connectivity index (χ0n) is 13.1. The van der Waals surface area contributed by atoms with E-state index in [-0.39, 0.29) is 5.66 Å². The summed E-state index contributed by atoms with van der Waals surface area (Å²) in [7, 11) is 0. The molecular formula is C17H28N2O. The van der Waals surface area contributed by atoms with E-state index in [2.05, 4.69) is 36.9 Å². The number of piperidine rings is 1. The van der Waals surface area contributed by atoms with Crippen molar-refractivity contribution in [3.63, 3.8) is 0 Å². The van der Waals surface area contributed by atoms with Crippen LogP contribution in [0.3, 0.4) is 0 Å². The van der Waals surface area contributed by atoms with Crippen molar-refractivity contribution in [2.45, 2.75) is 45.7 Å². The monoisotopic (exact) mass is 276 g/mol. The number of rotatable bonds is 5. The van der Waals surface area contributed by atoms with Gasteiger partial charge in [-0.2, -0.15) is 0 Å². The van der Waals surface area contributed by atoms with Gasteiger partial charge in [0.15, 0.2) is 0 Å². The van der Waals surface area contributed by atoms with Gasteiger partial charge in [-0.25, -0.2) is 0 Å². The average molecular weight is 276 g/mol. The molecule has 1 aliphatic rings. The molecule has 0 aromatic heterocycles. The van der Waals surface area contributed by atoms with Gasteiger partial charge in [0.1, 0.15) is 5.75 Å². The standard InChI is InChI=1S/C17H28N2O/c1-4-20-16-9-5-8-15(11-16)12-17(3,18)19-10-6-7-14(2)13-19/h5,8-9,11,14H,4,6-7,10,12-13,18H2,1-3H3. The molecule has 0 saturated carbocycles. The van der Waals surface area contributed by atoms with Crippen LogP contribution in [0.15, 0.2) is 24.3 Å². The van der Waals surface area contributed by atoms with Crippen LogP contribution in [0.1, 0.15) is 39.2 Å². The summed E-state index contributed by atoms with van der Waals surface area (Å²) in [5.74, 6) is 1.69. The molecule has 1 fully saturated rings. The first-order valence-electron chi connectivity index (χ1n) is 7.77. The van der Waals surface area contributed by atoms with Gasteiger partial charge >= 0.3 is 0 Å². The zero-order valence-corrected chi connectivity index (χ0v) is 13.1. The Hall–Kier alpha value is -1.06. The maximum Gasteiger partial charge on any atom is 0.119 e. The van der Waals surface area contributed by atoms with E-state index >= 15 is 0 Å². The highest BCUT2D eigenvalue weighted by Gasteiger charge is 2.30. The van der Waals surface area contributed by atoms with Gasteiger partial charge in [0.25, 0.3) is 0 Å². The van der Waals surface area contributed by atoms with Crippen LogP contribution in [0.5, 0.6) is 5.75 Å². The molecule has 3 heteroatoms. The van der Waals surface area contributed by atoms with Gasteiger partial charge < -0.3 is 10.5 Å². The normalized spacial score (nSPS) is 23.3. The predicted octanol–water partition coefficient (Wildman–Crippen LogP) is 3.03. The van der Waals surface area contributed by atoms with Gasteiger partial charge in [0, 0.05) is 13.0 Å². The molecule has 1 aromatic rings. The summed E-state index contributed by atoms with van der Waals surface area (Å²) in [4.78, 5) is 2.44. The summed E-state index contributed by atoms with van der Waals surface area (Å²) < 4.78 is 5.57. The molecular weight excluding hydrogens is 248 g/mol. The molecule has 1 aliphatic heterocycles. The Labute approximate surface area is 123 Å². The topological polar surface area (TPSA) is 38.5 Å². The molecule has 0 aliphatic carbocycles. The number of likely N-dealkylation sites (tertiary alicyclic amines) is 1. The number of hydrogen-bond acceptors (Lipinski definition) is 3. The molecule has 2 atom stereocenters. The Morgan fingerprint density at radius 2 is 2.25 bits per heavy atom. The maximum atomic E-state index is 6.59. The fourth-order valence-corrected chi connectivity index (χ4v) is 3.09. The van der Waals surface area contributed by atoms with Gasteiger partial charge in [0.2, 0.25) is 0 Å². The first-order chi connectivity index (χ1) is 9.51. The molecule has 0 amide bonds. The summed E-state index contributed by atoms with van der Waals surface area (Å²) >= 11 is 0. The van der Waals surface area contributed by atoms with Crippen LogP contribution < -0.4 is 10.5 Å². The van der Waals surface area contributed by atoms with Crippen molar-refractivity contribution in [3.05, 3.63) is 29.8 Å². The molecule has 2 rings (SSSR count). The molecule has 2 unspecified atom stereocenters.